The van der Waals surface area contributed by atoms with Gasteiger partial charge < -0.3 is 9.84 Å². The zero-order chi connectivity index (χ0) is 13.3. The summed E-state index contributed by atoms with van der Waals surface area (Å²) in [5.41, 5.74) is 0.340. The first kappa shape index (κ1) is 12.9. The van der Waals surface area contributed by atoms with Crippen LogP contribution in [0.2, 0.25) is 0 Å². The van der Waals surface area contributed by atoms with Gasteiger partial charge in [0.25, 0.3) is 0 Å². The fraction of sp³-hybridized carbons (Fsp3) is 0.500. The zero-order valence-electron chi connectivity index (χ0n) is 10.6. The number of ether oxygens (including phenoxy) is 1. The number of benzene rings is 1. The Hall–Kier alpha value is -1.58. The van der Waals surface area contributed by atoms with Gasteiger partial charge in [-0.25, -0.2) is 4.39 Å². The minimum Gasteiger partial charge on any atom is -0.496 e. The van der Waals surface area contributed by atoms with Gasteiger partial charge in [-0.1, -0.05) is 12.8 Å². The summed E-state index contributed by atoms with van der Waals surface area (Å²) < 4.78 is 18.7. The van der Waals surface area contributed by atoms with Gasteiger partial charge in [0.2, 0.25) is 0 Å². The van der Waals surface area contributed by atoms with Crippen molar-refractivity contribution in [3.8, 4) is 5.75 Å². The molecular formula is C14H17FO3. The van der Waals surface area contributed by atoms with E-state index in [9.17, 15) is 14.3 Å². The molecule has 0 spiro atoms. The average molecular weight is 252 g/mol. The van der Waals surface area contributed by atoms with E-state index in [1.807, 2.05) is 0 Å². The molecule has 0 unspecified atom stereocenters. The normalized spacial score (nSPS) is 17.7. The molecule has 1 N–H and O–H groups in total. The standard InChI is InChI=1S/C14H17FO3/c1-9-11(7-10(15)8-12(9)18-2)14(13(16)17)5-3-4-6-14/h7-8H,3-6H2,1-2H3,(H,16,17). The lowest BCUT2D eigenvalue weighted by Gasteiger charge is -2.27. The smallest absolute Gasteiger partial charge is 0.314 e. The van der Waals surface area contributed by atoms with Crippen LogP contribution < -0.4 is 4.74 Å². The van der Waals surface area contributed by atoms with Crippen molar-refractivity contribution in [2.24, 2.45) is 0 Å². The maximum absolute atomic E-state index is 13.6. The highest BCUT2D eigenvalue weighted by Crippen LogP contribution is 2.44. The third-order valence-corrected chi connectivity index (χ3v) is 3.93. The predicted octanol–water partition coefficient (Wildman–Crippen LogP) is 3.04. The van der Waals surface area contributed by atoms with Gasteiger partial charge in [0.15, 0.2) is 0 Å². The van der Waals surface area contributed by atoms with Gasteiger partial charge in [0, 0.05) is 6.07 Å². The summed E-state index contributed by atoms with van der Waals surface area (Å²) >= 11 is 0. The molecule has 98 valence electrons. The van der Waals surface area contributed by atoms with Gasteiger partial charge in [-0.3, -0.25) is 4.79 Å². The van der Waals surface area contributed by atoms with E-state index in [1.165, 1.54) is 19.2 Å². The van der Waals surface area contributed by atoms with Crippen molar-refractivity contribution in [1.29, 1.82) is 0 Å². The molecule has 4 heteroatoms. The number of hydrogen-bond acceptors (Lipinski definition) is 2. The Morgan fingerprint density at radius 3 is 2.50 bits per heavy atom. The lowest BCUT2D eigenvalue weighted by molar-refractivity contribution is -0.143. The minimum absolute atomic E-state index is 0.414. The molecule has 18 heavy (non-hydrogen) atoms. The first-order valence-corrected chi connectivity index (χ1v) is 6.09. The van der Waals surface area contributed by atoms with Crippen molar-refractivity contribution >= 4 is 5.97 Å². The molecule has 1 aromatic carbocycles. The topological polar surface area (TPSA) is 46.5 Å². The molecule has 0 radical (unpaired) electrons. The van der Waals surface area contributed by atoms with E-state index in [-0.39, 0.29) is 0 Å². The summed E-state index contributed by atoms with van der Waals surface area (Å²) in [6, 6.07) is 2.64. The summed E-state index contributed by atoms with van der Waals surface area (Å²) in [4.78, 5) is 11.6. The number of rotatable bonds is 3. The molecule has 1 saturated carbocycles. The summed E-state index contributed by atoms with van der Waals surface area (Å²) in [7, 11) is 1.47. The average Bonchev–Trinajstić information content (AvgIpc) is 2.82. The quantitative estimate of drug-likeness (QED) is 0.899. The van der Waals surface area contributed by atoms with Crippen LogP contribution in [-0.2, 0) is 10.2 Å². The number of carboxylic acid groups (broad SMARTS) is 1. The number of halogens is 1. The lowest BCUT2D eigenvalue weighted by Crippen LogP contribution is -2.33. The first-order valence-electron chi connectivity index (χ1n) is 6.09. The molecule has 0 saturated heterocycles. The molecule has 2 rings (SSSR count). The molecule has 0 amide bonds. The van der Waals surface area contributed by atoms with Crippen molar-refractivity contribution in [2.45, 2.75) is 38.0 Å². The van der Waals surface area contributed by atoms with E-state index in [2.05, 4.69) is 0 Å². The number of aliphatic carboxylic acids is 1. The third kappa shape index (κ3) is 1.85. The van der Waals surface area contributed by atoms with Crippen LogP contribution in [0.25, 0.3) is 0 Å². The fourth-order valence-electron chi connectivity index (χ4n) is 2.94. The molecule has 1 aromatic rings. The van der Waals surface area contributed by atoms with E-state index in [0.717, 1.165) is 18.4 Å². The molecule has 3 nitrogen and oxygen atoms in total. The van der Waals surface area contributed by atoms with Crippen LogP contribution in [-0.4, -0.2) is 18.2 Å². The van der Waals surface area contributed by atoms with Crippen molar-refractivity contribution in [2.75, 3.05) is 7.11 Å². The van der Waals surface area contributed by atoms with Crippen LogP contribution in [0, 0.1) is 12.7 Å². The molecule has 0 atom stereocenters. The van der Waals surface area contributed by atoms with Gasteiger partial charge in [0.1, 0.15) is 11.6 Å². The second kappa shape index (κ2) is 4.59. The summed E-state index contributed by atoms with van der Waals surface area (Å²) in [6.45, 7) is 1.79. The summed E-state index contributed by atoms with van der Waals surface area (Å²) in [5.74, 6) is -0.895. The maximum atomic E-state index is 13.6. The van der Waals surface area contributed by atoms with Crippen LogP contribution in [0.5, 0.6) is 5.75 Å². The maximum Gasteiger partial charge on any atom is 0.314 e. The van der Waals surface area contributed by atoms with Crippen molar-refractivity contribution < 1.29 is 19.0 Å². The molecule has 1 aliphatic carbocycles. The van der Waals surface area contributed by atoms with Gasteiger partial charge >= 0.3 is 5.97 Å². The Morgan fingerprint density at radius 2 is 2.00 bits per heavy atom. The first-order chi connectivity index (χ1) is 8.51. The second-order valence-corrected chi connectivity index (χ2v) is 4.87. The Kier molecular flexibility index (Phi) is 3.28. The highest BCUT2D eigenvalue weighted by molar-refractivity contribution is 5.82. The molecule has 0 aromatic heterocycles. The number of methoxy groups -OCH3 is 1. The van der Waals surface area contributed by atoms with Gasteiger partial charge in [0.05, 0.1) is 12.5 Å². The largest absolute Gasteiger partial charge is 0.496 e. The number of carbonyl (C=O) groups is 1. The SMILES string of the molecule is COc1cc(F)cc(C2(C(=O)O)CCCC2)c1C. The van der Waals surface area contributed by atoms with Crippen LogP contribution in [0.15, 0.2) is 12.1 Å². The van der Waals surface area contributed by atoms with Gasteiger partial charge in [-0.2, -0.15) is 0 Å². The molecule has 1 aliphatic rings. The highest BCUT2D eigenvalue weighted by atomic mass is 19.1. The molecule has 0 heterocycles. The van der Waals surface area contributed by atoms with Crippen LogP contribution in [0.4, 0.5) is 4.39 Å². The zero-order valence-corrected chi connectivity index (χ0v) is 10.6. The number of carboxylic acids is 1. The summed E-state index contributed by atoms with van der Waals surface area (Å²) in [6.07, 6.45) is 2.86. The van der Waals surface area contributed by atoms with Crippen molar-refractivity contribution in [3.63, 3.8) is 0 Å². The molecule has 0 bridgehead atoms. The van der Waals surface area contributed by atoms with Crippen molar-refractivity contribution in [1.82, 2.24) is 0 Å². The van der Waals surface area contributed by atoms with Gasteiger partial charge in [-0.15, -0.1) is 0 Å². The molecular weight excluding hydrogens is 235 g/mol. The van der Waals surface area contributed by atoms with E-state index in [0.29, 0.717) is 24.2 Å². The summed E-state index contributed by atoms with van der Waals surface area (Å²) in [5, 5.41) is 9.53. The monoisotopic (exact) mass is 252 g/mol. The Labute approximate surface area is 106 Å². The van der Waals surface area contributed by atoms with Crippen molar-refractivity contribution in [3.05, 3.63) is 29.1 Å². The van der Waals surface area contributed by atoms with Gasteiger partial charge in [-0.05, 0) is 37.0 Å². The highest BCUT2D eigenvalue weighted by Gasteiger charge is 2.44. The van der Waals surface area contributed by atoms with E-state index >= 15 is 0 Å². The predicted molar refractivity (Wildman–Crippen MR) is 65.5 cm³/mol. The van der Waals surface area contributed by atoms with Crippen LogP contribution in [0.3, 0.4) is 0 Å². The molecule has 0 aliphatic heterocycles. The lowest BCUT2D eigenvalue weighted by atomic mass is 9.76. The Balaban J connectivity index is 2.61. The fourth-order valence-corrected chi connectivity index (χ4v) is 2.94. The van der Waals surface area contributed by atoms with Crippen LogP contribution >= 0.6 is 0 Å². The Morgan fingerprint density at radius 1 is 1.39 bits per heavy atom. The van der Waals surface area contributed by atoms with E-state index < -0.39 is 17.2 Å². The van der Waals surface area contributed by atoms with E-state index in [1.54, 1.807) is 6.92 Å². The van der Waals surface area contributed by atoms with E-state index in [4.69, 9.17) is 4.74 Å². The minimum atomic E-state index is -0.945. The molecule has 1 fully saturated rings. The Bertz CT molecular complexity index is 476. The second-order valence-electron chi connectivity index (χ2n) is 4.87. The third-order valence-electron chi connectivity index (χ3n) is 3.93. The van der Waals surface area contributed by atoms with Crippen LogP contribution in [0.1, 0.15) is 36.8 Å². The number of hydrogen-bond donors (Lipinski definition) is 1.